The van der Waals surface area contributed by atoms with Crippen LogP contribution in [0.2, 0.25) is 4.34 Å². The molecule has 20 heavy (non-hydrogen) atoms. The van der Waals surface area contributed by atoms with Gasteiger partial charge < -0.3 is 4.74 Å². The van der Waals surface area contributed by atoms with E-state index in [-0.39, 0.29) is 11.6 Å². The Morgan fingerprint density at radius 2 is 2.15 bits per heavy atom. The Kier molecular flexibility index (Phi) is 3.38. The van der Waals surface area contributed by atoms with Crippen LogP contribution in [-0.2, 0) is 9.53 Å². The molecule has 0 bridgehead atoms. The molecule has 0 aliphatic carbocycles. The molecule has 2 aromatic rings. The van der Waals surface area contributed by atoms with Gasteiger partial charge >= 0.3 is 5.97 Å². The summed E-state index contributed by atoms with van der Waals surface area (Å²) >= 11 is 7.15. The van der Waals surface area contributed by atoms with Crippen LogP contribution in [0.15, 0.2) is 47.1 Å². The number of carbonyl (C=O) groups excluding carboxylic acids is 1. The fourth-order valence-corrected chi connectivity index (χ4v) is 2.69. The molecule has 0 saturated carbocycles. The number of rotatable bonds is 2. The highest BCUT2D eigenvalue weighted by molar-refractivity contribution is 7.17. The van der Waals surface area contributed by atoms with Crippen LogP contribution in [0.3, 0.4) is 0 Å². The first kappa shape index (κ1) is 13.0. The second kappa shape index (κ2) is 5.19. The second-order valence-corrected chi connectivity index (χ2v) is 5.73. The van der Waals surface area contributed by atoms with Crippen molar-refractivity contribution in [1.29, 1.82) is 0 Å². The van der Waals surface area contributed by atoms with Gasteiger partial charge in [-0.2, -0.15) is 0 Å². The Hall–Kier alpha value is -1.98. The topological polar surface area (TPSA) is 38.7 Å². The summed E-state index contributed by atoms with van der Waals surface area (Å²) in [6.45, 7) is 0. The zero-order valence-electron chi connectivity index (χ0n) is 9.97. The molecule has 1 aliphatic heterocycles. The van der Waals surface area contributed by atoms with E-state index in [0.717, 1.165) is 4.88 Å². The van der Waals surface area contributed by atoms with Crippen LogP contribution in [0.1, 0.15) is 10.4 Å². The fraction of sp³-hybridized carbons (Fsp3) is 0. The maximum atomic E-state index is 13.1. The predicted molar refractivity (Wildman–Crippen MR) is 76.3 cm³/mol. The molecule has 100 valence electrons. The highest BCUT2D eigenvalue weighted by atomic mass is 35.5. The van der Waals surface area contributed by atoms with Crippen LogP contribution in [0.25, 0.3) is 6.08 Å². The van der Waals surface area contributed by atoms with Gasteiger partial charge in [0.2, 0.25) is 5.90 Å². The number of nitrogens with zero attached hydrogens (tertiary/aromatic N) is 1. The van der Waals surface area contributed by atoms with Crippen molar-refractivity contribution in [3.8, 4) is 0 Å². The minimum absolute atomic E-state index is 0.100. The molecule has 3 nitrogen and oxygen atoms in total. The summed E-state index contributed by atoms with van der Waals surface area (Å²) < 4.78 is 18.8. The highest BCUT2D eigenvalue weighted by Gasteiger charge is 2.24. The third-order valence-electron chi connectivity index (χ3n) is 2.57. The van der Waals surface area contributed by atoms with Crippen LogP contribution in [0, 0.1) is 5.82 Å². The first-order valence-electron chi connectivity index (χ1n) is 5.66. The molecule has 0 atom stereocenters. The lowest BCUT2D eigenvalue weighted by Crippen LogP contribution is -2.05. The number of cyclic esters (lactones) is 1. The van der Waals surface area contributed by atoms with Crippen molar-refractivity contribution in [3.63, 3.8) is 0 Å². The number of ether oxygens (including phenoxy) is 1. The molecule has 1 aromatic carbocycles. The number of carbonyl (C=O) groups is 1. The number of halogens is 2. The third-order valence-corrected chi connectivity index (χ3v) is 3.74. The van der Waals surface area contributed by atoms with Gasteiger partial charge in [0.15, 0.2) is 5.70 Å². The molecule has 1 aliphatic rings. The van der Waals surface area contributed by atoms with Gasteiger partial charge in [-0.25, -0.2) is 14.2 Å². The van der Waals surface area contributed by atoms with E-state index in [2.05, 4.69) is 4.99 Å². The van der Waals surface area contributed by atoms with Crippen molar-refractivity contribution in [1.82, 2.24) is 0 Å². The average molecular weight is 308 g/mol. The van der Waals surface area contributed by atoms with Crippen molar-refractivity contribution in [2.24, 2.45) is 4.99 Å². The van der Waals surface area contributed by atoms with Crippen molar-refractivity contribution in [3.05, 3.63) is 62.7 Å². The van der Waals surface area contributed by atoms with E-state index in [4.69, 9.17) is 16.3 Å². The Bertz CT molecular complexity index is 751. The lowest BCUT2D eigenvalue weighted by molar-refractivity contribution is -0.129. The van der Waals surface area contributed by atoms with Crippen molar-refractivity contribution < 1.29 is 13.9 Å². The maximum absolute atomic E-state index is 13.1. The molecule has 0 spiro atoms. The van der Waals surface area contributed by atoms with Gasteiger partial charge in [0.1, 0.15) is 5.82 Å². The number of hydrogen-bond donors (Lipinski definition) is 0. The quantitative estimate of drug-likeness (QED) is 0.624. The molecule has 0 radical (unpaired) electrons. The van der Waals surface area contributed by atoms with E-state index < -0.39 is 11.8 Å². The monoisotopic (exact) mass is 307 g/mol. The van der Waals surface area contributed by atoms with Crippen LogP contribution in [-0.4, -0.2) is 11.9 Å². The van der Waals surface area contributed by atoms with Crippen LogP contribution < -0.4 is 0 Å². The average Bonchev–Trinajstić information content (AvgIpc) is 2.97. The molecule has 0 fully saturated rings. The van der Waals surface area contributed by atoms with Crippen LogP contribution >= 0.6 is 22.9 Å². The van der Waals surface area contributed by atoms with Gasteiger partial charge in [0.25, 0.3) is 0 Å². The standard InChI is InChI=1S/C14H7ClFNO2S/c15-12-5-4-10(20-12)7-11-14(18)19-13(17-11)8-2-1-3-9(16)6-8/h1-7H/b11-7+. The molecular formula is C14H7ClFNO2S. The Morgan fingerprint density at radius 1 is 1.30 bits per heavy atom. The first-order chi connectivity index (χ1) is 9.61. The first-order valence-corrected chi connectivity index (χ1v) is 6.85. The molecule has 1 aromatic heterocycles. The van der Waals surface area contributed by atoms with Gasteiger partial charge in [0, 0.05) is 10.4 Å². The van der Waals surface area contributed by atoms with Crippen molar-refractivity contribution in [2.75, 3.05) is 0 Å². The molecule has 3 rings (SSSR count). The predicted octanol–water partition coefficient (Wildman–Crippen LogP) is 3.89. The van der Waals surface area contributed by atoms with Gasteiger partial charge in [-0.05, 0) is 36.4 Å². The summed E-state index contributed by atoms with van der Waals surface area (Å²) in [7, 11) is 0. The number of esters is 1. The van der Waals surface area contributed by atoms with E-state index in [9.17, 15) is 9.18 Å². The lowest BCUT2D eigenvalue weighted by Gasteiger charge is -1.98. The zero-order chi connectivity index (χ0) is 14.1. The van der Waals surface area contributed by atoms with E-state index in [1.54, 1.807) is 24.3 Å². The van der Waals surface area contributed by atoms with Gasteiger partial charge in [-0.3, -0.25) is 0 Å². The fourth-order valence-electron chi connectivity index (χ4n) is 1.69. The minimum atomic E-state index is -0.561. The van der Waals surface area contributed by atoms with Crippen LogP contribution in [0.4, 0.5) is 4.39 Å². The number of hydrogen-bond acceptors (Lipinski definition) is 4. The smallest absolute Gasteiger partial charge is 0.363 e. The van der Waals surface area contributed by atoms with Crippen molar-refractivity contribution >= 4 is 40.9 Å². The normalized spacial score (nSPS) is 16.4. The Labute approximate surface area is 123 Å². The van der Waals surface area contributed by atoms with E-state index in [1.165, 1.54) is 29.5 Å². The van der Waals surface area contributed by atoms with Gasteiger partial charge in [0.05, 0.1) is 4.34 Å². The molecule has 2 heterocycles. The number of aliphatic imine (C=N–C) groups is 1. The molecule has 0 amide bonds. The Morgan fingerprint density at radius 3 is 2.85 bits per heavy atom. The highest BCUT2D eigenvalue weighted by Crippen LogP contribution is 2.26. The zero-order valence-corrected chi connectivity index (χ0v) is 11.5. The summed E-state index contributed by atoms with van der Waals surface area (Å²) in [5.41, 5.74) is 0.591. The largest absolute Gasteiger partial charge is 0.402 e. The lowest BCUT2D eigenvalue weighted by atomic mass is 10.2. The van der Waals surface area contributed by atoms with Gasteiger partial charge in [-0.1, -0.05) is 17.7 Å². The summed E-state index contributed by atoms with van der Waals surface area (Å²) in [5.74, 6) is -0.874. The molecular weight excluding hydrogens is 301 g/mol. The van der Waals surface area contributed by atoms with E-state index in [0.29, 0.717) is 9.90 Å². The summed E-state index contributed by atoms with van der Waals surface area (Å²) in [5, 5.41) is 0. The van der Waals surface area contributed by atoms with Crippen LogP contribution in [0.5, 0.6) is 0 Å². The number of benzene rings is 1. The van der Waals surface area contributed by atoms with Crippen molar-refractivity contribution in [2.45, 2.75) is 0 Å². The molecule has 0 saturated heterocycles. The maximum Gasteiger partial charge on any atom is 0.363 e. The Balaban J connectivity index is 1.94. The third kappa shape index (κ3) is 2.64. The molecule has 0 N–H and O–H groups in total. The molecule has 0 unspecified atom stereocenters. The van der Waals surface area contributed by atoms with Gasteiger partial charge in [-0.15, -0.1) is 11.3 Å². The minimum Gasteiger partial charge on any atom is -0.402 e. The summed E-state index contributed by atoms with van der Waals surface area (Å²) in [4.78, 5) is 16.6. The number of thiophene rings is 1. The van der Waals surface area contributed by atoms with E-state index in [1.807, 2.05) is 0 Å². The summed E-state index contributed by atoms with van der Waals surface area (Å²) in [6, 6.07) is 9.24. The SMILES string of the molecule is O=C1OC(c2cccc(F)c2)=N/C1=C/c1ccc(Cl)s1. The molecule has 6 heteroatoms. The van der Waals surface area contributed by atoms with E-state index >= 15 is 0 Å². The summed E-state index contributed by atoms with van der Waals surface area (Å²) in [6.07, 6.45) is 1.59. The second-order valence-electron chi connectivity index (χ2n) is 3.99.